The van der Waals surface area contributed by atoms with Crippen LogP contribution in [0.5, 0.6) is 5.75 Å². The fourth-order valence-corrected chi connectivity index (χ4v) is 1.67. The zero-order valence-corrected chi connectivity index (χ0v) is 14.5. The van der Waals surface area contributed by atoms with Crippen molar-refractivity contribution in [2.45, 2.75) is 44.1 Å². The largest absolute Gasteiger partial charge is 0.544 e. The van der Waals surface area contributed by atoms with Crippen molar-refractivity contribution in [1.29, 1.82) is 0 Å². The van der Waals surface area contributed by atoms with Gasteiger partial charge in [-0.15, -0.1) is 0 Å². The van der Waals surface area contributed by atoms with Gasteiger partial charge in [-0.1, -0.05) is 12.1 Å². The van der Waals surface area contributed by atoms with Gasteiger partial charge >= 0.3 is 29.7 Å². The van der Waals surface area contributed by atoms with Gasteiger partial charge in [0.15, 0.2) is 0 Å². The third-order valence-corrected chi connectivity index (χ3v) is 3.01. The van der Waals surface area contributed by atoms with Gasteiger partial charge in [-0.05, 0) is 32.9 Å². The number of hydrogen-bond acceptors (Lipinski definition) is 6. The molecule has 0 unspecified atom stereocenters. The second kappa shape index (κ2) is 7.32. The van der Waals surface area contributed by atoms with Crippen molar-refractivity contribution in [2.75, 3.05) is 0 Å². The number of esters is 2. The van der Waals surface area contributed by atoms with Gasteiger partial charge in [-0.3, -0.25) is 0 Å². The third kappa shape index (κ3) is 4.37. The SMILES string of the molecule is CC(C)(C)OC(=O)c1ccccc1OC(=O)C(F)(F)C(F)(F)C(F)(F)C(=O)[O-]. The molecule has 0 bridgehead atoms. The number of carbonyl (C=O) groups excluding carboxylic acids is 3. The van der Waals surface area contributed by atoms with E-state index in [1.54, 1.807) is 0 Å². The normalized spacial score (nSPS) is 13.0. The third-order valence-electron chi connectivity index (χ3n) is 3.01. The summed E-state index contributed by atoms with van der Waals surface area (Å²) in [4.78, 5) is 33.5. The van der Waals surface area contributed by atoms with E-state index in [1.807, 2.05) is 0 Å². The molecule has 0 aromatic heterocycles. The van der Waals surface area contributed by atoms with Crippen LogP contribution in [0.15, 0.2) is 24.3 Å². The average molecular weight is 415 g/mol. The Hall–Kier alpha value is -2.79. The second-order valence-corrected chi connectivity index (χ2v) is 6.40. The van der Waals surface area contributed by atoms with Crippen LogP contribution in [-0.2, 0) is 14.3 Å². The van der Waals surface area contributed by atoms with E-state index < -0.39 is 52.6 Å². The number of alkyl halides is 6. The fourth-order valence-electron chi connectivity index (χ4n) is 1.67. The highest BCUT2D eigenvalue weighted by Gasteiger charge is 2.76. The van der Waals surface area contributed by atoms with Crippen LogP contribution in [-0.4, -0.2) is 41.3 Å². The first-order chi connectivity index (χ1) is 12.4. The van der Waals surface area contributed by atoms with Gasteiger partial charge in [0.2, 0.25) is 0 Å². The Morgan fingerprint density at radius 3 is 1.86 bits per heavy atom. The number of carboxylic acids is 1. The van der Waals surface area contributed by atoms with E-state index in [4.69, 9.17) is 4.74 Å². The Bertz CT molecular complexity index is 784. The lowest BCUT2D eigenvalue weighted by Crippen LogP contribution is -2.64. The summed E-state index contributed by atoms with van der Waals surface area (Å²) in [5.74, 6) is -28.6. The number of para-hydroxylation sites is 1. The van der Waals surface area contributed by atoms with Crippen LogP contribution >= 0.6 is 0 Å². The molecule has 0 heterocycles. The number of rotatable bonds is 6. The van der Waals surface area contributed by atoms with E-state index >= 15 is 0 Å². The predicted molar refractivity (Wildman–Crippen MR) is 77.1 cm³/mol. The van der Waals surface area contributed by atoms with Gasteiger partial charge in [-0.25, -0.2) is 9.59 Å². The highest BCUT2D eigenvalue weighted by molar-refractivity contribution is 5.94. The number of halogens is 6. The summed E-state index contributed by atoms with van der Waals surface area (Å²) in [7, 11) is 0. The zero-order valence-electron chi connectivity index (χ0n) is 14.5. The first kappa shape index (κ1) is 23.2. The van der Waals surface area contributed by atoms with Crippen molar-refractivity contribution in [1.82, 2.24) is 0 Å². The Balaban J connectivity index is 3.24. The van der Waals surface area contributed by atoms with E-state index in [1.165, 1.54) is 26.8 Å². The molecule has 0 amide bonds. The van der Waals surface area contributed by atoms with Crippen molar-refractivity contribution in [3.63, 3.8) is 0 Å². The molecular weight excluding hydrogens is 402 g/mol. The molecule has 0 radical (unpaired) electrons. The van der Waals surface area contributed by atoms with Crippen LogP contribution in [0.3, 0.4) is 0 Å². The van der Waals surface area contributed by atoms with Crippen molar-refractivity contribution in [3.05, 3.63) is 29.8 Å². The summed E-state index contributed by atoms with van der Waals surface area (Å²) < 4.78 is 88.7. The minimum Gasteiger partial charge on any atom is -0.544 e. The molecule has 0 aliphatic carbocycles. The molecule has 6 nitrogen and oxygen atoms in total. The fraction of sp³-hybridized carbons (Fsp3) is 0.438. The van der Waals surface area contributed by atoms with Gasteiger partial charge in [0, 0.05) is 0 Å². The topological polar surface area (TPSA) is 92.7 Å². The summed E-state index contributed by atoms with van der Waals surface area (Å²) in [6, 6.07) is 3.92. The van der Waals surface area contributed by atoms with E-state index in [2.05, 4.69) is 4.74 Å². The standard InChI is InChI=1S/C16H14F6O6/c1-13(2,3)28-10(23)8-6-4-5-7-9(8)27-12(26)15(19,20)16(21,22)14(17,18)11(24)25/h4-7H,1-3H3,(H,24,25)/p-1. The molecule has 0 saturated heterocycles. The highest BCUT2D eigenvalue weighted by atomic mass is 19.3. The number of carboxylic acid groups (broad SMARTS) is 1. The summed E-state index contributed by atoms with van der Waals surface area (Å²) >= 11 is 0. The molecule has 1 aromatic rings. The quantitative estimate of drug-likeness (QED) is 0.402. The molecule has 0 atom stereocenters. The lowest BCUT2D eigenvalue weighted by Gasteiger charge is -2.31. The zero-order chi connectivity index (χ0) is 22.1. The first-order valence-electron chi connectivity index (χ1n) is 7.34. The average Bonchev–Trinajstić information content (AvgIpc) is 2.52. The summed E-state index contributed by atoms with van der Waals surface area (Å²) in [5, 5.41) is 10.1. The van der Waals surface area contributed by atoms with E-state index in [-0.39, 0.29) is 0 Å². The number of ether oxygens (including phenoxy) is 2. The van der Waals surface area contributed by atoms with Crippen molar-refractivity contribution in [3.8, 4) is 5.75 Å². The van der Waals surface area contributed by atoms with Crippen molar-refractivity contribution < 1.29 is 55.3 Å². The van der Waals surface area contributed by atoms with Gasteiger partial charge in [-0.2, -0.15) is 26.3 Å². The lowest BCUT2D eigenvalue weighted by molar-refractivity contribution is -0.365. The number of aliphatic carboxylic acids is 1. The second-order valence-electron chi connectivity index (χ2n) is 6.40. The van der Waals surface area contributed by atoms with E-state index in [0.717, 1.165) is 18.2 Å². The molecule has 0 spiro atoms. The van der Waals surface area contributed by atoms with Crippen LogP contribution < -0.4 is 9.84 Å². The number of hydrogen-bond donors (Lipinski definition) is 0. The number of carbonyl (C=O) groups is 3. The van der Waals surface area contributed by atoms with Crippen LogP contribution in [0, 0.1) is 0 Å². The minimum atomic E-state index is -6.68. The van der Waals surface area contributed by atoms with E-state index in [0.29, 0.717) is 0 Å². The maximum Gasteiger partial charge on any atom is 0.411 e. The smallest absolute Gasteiger partial charge is 0.411 e. The Labute approximate surface area is 154 Å². The Morgan fingerprint density at radius 2 is 1.39 bits per heavy atom. The molecule has 0 fully saturated rings. The maximum atomic E-state index is 13.6. The van der Waals surface area contributed by atoms with Crippen molar-refractivity contribution >= 4 is 17.9 Å². The Morgan fingerprint density at radius 1 is 0.893 bits per heavy atom. The van der Waals surface area contributed by atoms with Gasteiger partial charge in [0.25, 0.3) is 0 Å². The van der Waals surface area contributed by atoms with Gasteiger partial charge < -0.3 is 19.4 Å². The number of benzene rings is 1. The molecule has 0 saturated carbocycles. The van der Waals surface area contributed by atoms with Crippen LogP contribution in [0.25, 0.3) is 0 Å². The molecule has 0 aliphatic rings. The maximum absolute atomic E-state index is 13.6. The van der Waals surface area contributed by atoms with Crippen LogP contribution in [0.4, 0.5) is 26.3 Å². The predicted octanol–water partition coefficient (Wildman–Crippen LogP) is 2.20. The van der Waals surface area contributed by atoms with Gasteiger partial charge in [0.1, 0.15) is 22.9 Å². The Kier molecular flexibility index (Phi) is 6.08. The molecule has 1 aromatic carbocycles. The molecule has 0 aliphatic heterocycles. The molecule has 1 rings (SSSR count). The lowest BCUT2D eigenvalue weighted by atomic mass is 10.0. The minimum absolute atomic E-state index is 0.642. The van der Waals surface area contributed by atoms with Crippen LogP contribution in [0.2, 0.25) is 0 Å². The summed E-state index contributed by atoms with van der Waals surface area (Å²) in [6.07, 6.45) is 0. The van der Waals surface area contributed by atoms with Crippen molar-refractivity contribution in [2.24, 2.45) is 0 Å². The molecule has 28 heavy (non-hydrogen) atoms. The summed E-state index contributed by atoms with van der Waals surface area (Å²) in [5.41, 5.74) is -1.71. The first-order valence-corrected chi connectivity index (χ1v) is 7.34. The highest BCUT2D eigenvalue weighted by Crippen LogP contribution is 2.46. The summed E-state index contributed by atoms with van der Waals surface area (Å²) in [6.45, 7) is 4.32. The molecule has 12 heteroatoms. The van der Waals surface area contributed by atoms with Gasteiger partial charge in [0.05, 0.1) is 0 Å². The monoisotopic (exact) mass is 415 g/mol. The molecule has 156 valence electrons. The van der Waals surface area contributed by atoms with E-state index in [9.17, 15) is 45.8 Å². The van der Waals surface area contributed by atoms with Crippen LogP contribution in [0.1, 0.15) is 31.1 Å². The molecular formula is C16H13F6O6-. The molecule has 0 N–H and O–H groups in total.